The molecule has 1 aromatic heterocycles. The van der Waals surface area contributed by atoms with Crippen molar-refractivity contribution in [2.75, 3.05) is 12.8 Å². The van der Waals surface area contributed by atoms with Gasteiger partial charge in [-0.3, -0.25) is 0 Å². The van der Waals surface area contributed by atoms with E-state index in [0.29, 0.717) is 5.13 Å². The highest BCUT2D eigenvalue weighted by Gasteiger charge is 2.23. The van der Waals surface area contributed by atoms with E-state index in [9.17, 15) is 0 Å². The van der Waals surface area contributed by atoms with Gasteiger partial charge in [-0.05, 0) is 33.6 Å². The van der Waals surface area contributed by atoms with E-state index in [4.69, 9.17) is 10.5 Å². The Hall–Kier alpha value is -0.590. The molecule has 114 valence electrons. The number of nitrogens with zero attached hydrogens (tertiary/aromatic N) is 1. The fourth-order valence-electron chi connectivity index (χ4n) is 2.11. The summed E-state index contributed by atoms with van der Waals surface area (Å²) in [5.41, 5.74) is 8.12. The molecule has 0 spiro atoms. The van der Waals surface area contributed by atoms with Crippen molar-refractivity contribution >= 4 is 48.3 Å². The van der Waals surface area contributed by atoms with Crippen LogP contribution in [0.1, 0.15) is 36.9 Å². The van der Waals surface area contributed by atoms with Gasteiger partial charge >= 0.3 is 0 Å². The quantitative estimate of drug-likeness (QED) is 0.728. The average Bonchev–Trinajstić information content (AvgIpc) is 2.73. The van der Waals surface area contributed by atoms with Crippen molar-refractivity contribution in [1.29, 1.82) is 0 Å². The minimum absolute atomic E-state index is 0.0185. The van der Waals surface area contributed by atoms with Crippen LogP contribution >= 0.6 is 43.2 Å². The van der Waals surface area contributed by atoms with E-state index < -0.39 is 0 Å². The average molecular weight is 434 g/mol. The number of nitrogen functional groups attached to an aromatic ring is 1. The van der Waals surface area contributed by atoms with E-state index in [-0.39, 0.29) is 5.41 Å². The molecule has 2 aromatic rings. The number of nitrogens with two attached hydrogens (primary N) is 1. The third-order valence-corrected chi connectivity index (χ3v) is 5.34. The minimum Gasteiger partial charge on any atom is -0.496 e. The Morgan fingerprint density at radius 3 is 2.48 bits per heavy atom. The Morgan fingerprint density at radius 1 is 1.24 bits per heavy atom. The number of hydrogen-bond donors (Lipinski definition) is 1. The van der Waals surface area contributed by atoms with E-state index in [1.807, 2.05) is 12.1 Å². The van der Waals surface area contributed by atoms with Gasteiger partial charge in [0, 0.05) is 21.2 Å². The number of rotatable bonds is 3. The Labute approximate surface area is 146 Å². The first kappa shape index (κ1) is 16.8. The van der Waals surface area contributed by atoms with Crippen LogP contribution in [0, 0.1) is 0 Å². The molecule has 0 radical (unpaired) electrons. The number of halogens is 2. The van der Waals surface area contributed by atoms with Gasteiger partial charge in [0.2, 0.25) is 0 Å². The number of hydrogen-bond acceptors (Lipinski definition) is 4. The molecule has 0 aliphatic heterocycles. The monoisotopic (exact) mass is 432 g/mol. The summed E-state index contributed by atoms with van der Waals surface area (Å²) in [4.78, 5) is 5.71. The lowest BCUT2D eigenvalue weighted by atomic mass is 9.90. The number of ether oxygens (including phenoxy) is 1. The summed E-state index contributed by atoms with van der Waals surface area (Å²) in [5.74, 6) is 0.822. The molecule has 1 heterocycles. The maximum absolute atomic E-state index is 5.91. The molecule has 0 unspecified atom stereocenters. The number of anilines is 1. The second-order valence-electron chi connectivity index (χ2n) is 5.83. The van der Waals surface area contributed by atoms with Crippen LogP contribution < -0.4 is 10.5 Å². The molecule has 0 fully saturated rings. The van der Waals surface area contributed by atoms with E-state index in [0.717, 1.165) is 32.4 Å². The molecule has 0 saturated heterocycles. The van der Waals surface area contributed by atoms with Gasteiger partial charge in [0.15, 0.2) is 5.13 Å². The molecule has 0 atom stereocenters. The summed E-state index contributed by atoms with van der Waals surface area (Å²) in [7, 11) is 1.67. The van der Waals surface area contributed by atoms with Crippen molar-refractivity contribution in [3.63, 3.8) is 0 Å². The number of aromatic nitrogens is 1. The van der Waals surface area contributed by atoms with Gasteiger partial charge in [-0.1, -0.05) is 36.7 Å². The summed E-state index contributed by atoms with van der Waals surface area (Å²) in [6, 6.07) is 4.05. The summed E-state index contributed by atoms with van der Waals surface area (Å²) in [5, 5.41) is 0.620. The van der Waals surface area contributed by atoms with Crippen LogP contribution in [0.5, 0.6) is 5.75 Å². The third-order valence-electron chi connectivity index (χ3n) is 3.10. The zero-order valence-corrected chi connectivity index (χ0v) is 16.4. The molecule has 3 nitrogen and oxygen atoms in total. The van der Waals surface area contributed by atoms with Gasteiger partial charge in [0.1, 0.15) is 5.75 Å². The van der Waals surface area contributed by atoms with Crippen molar-refractivity contribution in [3.05, 3.63) is 37.2 Å². The van der Waals surface area contributed by atoms with Gasteiger partial charge in [0.05, 0.1) is 17.3 Å². The van der Waals surface area contributed by atoms with Crippen LogP contribution in [0.3, 0.4) is 0 Å². The number of benzene rings is 1. The molecule has 6 heteroatoms. The summed E-state index contributed by atoms with van der Waals surface area (Å²) in [6.45, 7) is 6.46. The summed E-state index contributed by atoms with van der Waals surface area (Å²) >= 11 is 8.67. The Kier molecular flexibility index (Phi) is 5.00. The second kappa shape index (κ2) is 6.26. The lowest BCUT2D eigenvalue weighted by Crippen LogP contribution is -2.14. The topological polar surface area (TPSA) is 48.1 Å². The lowest BCUT2D eigenvalue weighted by Gasteiger charge is -2.18. The van der Waals surface area contributed by atoms with Gasteiger partial charge in [-0.25, -0.2) is 4.98 Å². The molecular weight excluding hydrogens is 416 g/mol. The van der Waals surface area contributed by atoms with Crippen LogP contribution in [0.4, 0.5) is 5.13 Å². The van der Waals surface area contributed by atoms with Crippen molar-refractivity contribution in [2.45, 2.75) is 32.6 Å². The normalized spacial score (nSPS) is 11.7. The molecular formula is C15H18Br2N2OS. The van der Waals surface area contributed by atoms with E-state index in [1.54, 1.807) is 18.4 Å². The molecule has 2 rings (SSSR count). The van der Waals surface area contributed by atoms with Crippen molar-refractivity contribution in [1.82, 2.24) is 4.98 Å². The van der Waals surface area contributed by atoms with Crippen LogP contribution in [0.25, 0.3) is 0 Å². The largest absolute Gasteiger partial charge is 0.496 e. The highest BCUT2D eigenvalue weighted by molar-refractivity contribution is 9.11. The fraction of sp³-hybridized carbons (Fsp3) is 0.400. The third kappa shape index (κ3) is 3.79. The first-order valence-corrected chi connectivity index (χ1v) is 8.90. The van der Waals surface area contributed by atoms with Crippen LogP contribution in [0.15, 0.2) is 21.1 Å². The molecule has 1 aromatic carbocycles. The van der Waals surface area contributed by atoms with Crippen LogP contribution in [-0.4, -0.2) is 12.1 Å². The first-order valence-electron chi connectivity index (χ1n) is 6.50. The van der Waals surface area contributed by atoms with E-state index in [1.165, 1.54) is 4.88 Å². The number of thiazole rings is 1. The fourth-order valence-corrected chi connectivity index (χ4v) is 4.47. The predicted octanol–water partition coefficient (Wildman–Crippen LogP) is 5.15. The molecule has 0 aliphatic carbocycles. The summed E-state index contributed by atoms with van der Waals surface area (Å²) < 4.78 is 7.35. The van der Waals surface area contributed by atoms with Crippen molar-refractivity contribution < 1.29 is 4.74 Å². The van der Waals surface area contributed by atoms with Gasteiger partial charge in [-0.15, -0.1) is 11.3 Å². The maximum Gasteiger partial charge on any atom is 0.180 e. The van der Waals surface area contributed by atoms with E-state index >= 15 is 0 Å². The number of methoxy groups -OCH3 is 1. The SMILES string of the molecule is COc1cc(Cc2sc(N)nc2C(C)(C)C)c(Br)cc1Br. The van der Waals surface area contributed by atoms with Gasteiger partial charge in [0.25, 0.3) is 0 Å². The Bertz CT molecular complexity index is 662. The zero-order valence-electron chi connectivity index (χ0n) is 12.5. The Morgan fingerprint density at radius 2 is 1.90 bits per heavy atom. The van der Waals surface area contributed by atoms with Crippen molar-refractivity contribution in [3.8, 4) is 5.75 Å². The minimum atomic E-state index is -0.0185. The molecule has 0 bridgehead atoms. The standard InChI is InChI=1S/C15H18Br2N2OS/c1-15(2,3)13-12(21-14(18)19-13)6-8-5-11(20-4)10(17)7-9(8)16/h5,7H,6H2,1-4H3,(H2,18,19). The highest BCUT2D eigenvalue weighted by Crippen LogP contribution is 2.36. The van der Waals surface area contributed by atoms with Gasteiger partial charge in [-0.2, -0.15) is 0 Å². The molecule has 21 heavy (non-hydrogen) atoms. The molecule has 0 amide bonds. The first-order chi connectivity index (χ1) is 9.72. The van der Waals surface area contributed by atoms with Crippen molar-refractivity contribution in [2.24, 2.45) is 0 Å². The smallest absolute Gasteiger partial charge is 0.180 e. The molecule has 0 aliphatic rings. The highest BCUT2D eigenvalue weighted by atomic mass is 79.9. The second-order valence-corrected chi connectivity index (χ2v) is 8.65. The summed E-state index contributed by atoms with van der Waals surface area (Å²) in [6.07, 6.45) is 0.783. The maximum atomic E-state index is 5.91. The van der Waals surface area contributed by atoms with Crippen LogP contribution in [-0.2, 0) is 11.8 Å². The molecule has 2 N–H and O–H groups in total. The van der Waals surface area contributed by atoms with E-state index in [2.05, 4.69) is 57.6 Å². The van der Waals surface area contributed by atoms with Crippen LogP contribution in [0.2, 0.25) is 0 Å². The predicted molar refractivity (Wildman–Crippen MR) is 96.4 cm³/mol. The molecule has 0 saturated carbocycles. The lowest BCUT2D eigenvalue weighted by molar-refractivity contribution is 0.411. The Balaban J connectivity index is 2.44. The van der Waals surface area contributed by atoms with Gasteiger partial charge < -0.3 is 10.5 Å². The zero-order chi connectivity index (χ0) is 15.8.